The van der Waals surface area contributed by atoms with Gasteiger partial charge in [0.2, 0.25) is 5.91 Å². The molecule has 116 valence electrons. The van der Waals surface area contributed by atoms with E-state index in [0.29, 0.717) is 18.2 Å². The molecular formula is C16H31N3O. The molecule has 0 N–H and O–H groups in total. The number of hydrogen-bond donors (Lipinski definition) is 0. The Labute approximate surface area is 124 Å². The monoisotopic (exact) mass is 281 g/mol. The SMILES string of the molecule is CC(C)CC(=O)N1CCN(CC2CCN(C)CC2)CC1. The number of likely N-dealkylation sites (tertiary alicyclic amines) is 1. The largest absolute Gasteiger partial charge is 0.340 e. The molecule has 1 amide bonds. The third-order valence-electron chi connectivity index (χ3n) is 4.66. The Morgan fingerprint density at radius 1 is 1.05 bits per heavy atom. The summed E-state index contributed by atoms with van der Waals surface area (Å²) < 4.78 is 0. The smallest absolute Gasteiger partial charge is 0.222 e. The Balaban J connectivity index is 1.67. The number of hydrogen-bond acceptors (Lipinski definition) is 3. The Kier molecular flexibility index (Phi) is 5.85. The van der Waals surface area contributed by atoms with E-state index in [1.54, 1.807) is 0 Å². The van der Waals surface area contributed by atoms with E-state index in [1.165, 1.54) is 32.5 Å². The van der Waals surface area contributed by atoms with Gasteiger partial charge in [-0.3, -0.25) is 9.69 Å². The molecule has 0 atom stereocenters. The van der Waals surface area contributed by atoms with Gasteiger partial charge in [-0.1, -0.05) is 13.8 Å². The minimum absolute atomic E-state index is 0.346. The fourth-order valence-corrected chi connectivity index (χ4v) is 3.27. The number of amides is 1. The quantitative estimate of drug-likeness (QED) is 0.782. The minimum atomic E-state index is 0.346. The first-order chi connectivity index (χ1) is 9.54. The molecule has 4 heteroatoms. The summed E-state index contributed by atoms with van der Waals surface area (Å²) in [5.41, 5.74) is 0. The average molecular weight is 281 g/mol. The van der Waals surface area contributed by atoms with Crippen molar-refractivity contribution in [2.45, 2.75) is 33.1 Å². The van der Waals surface area contributed by atoms with E-state index in [-0.39, 0.29) is 0 Å². The summed E-state index contributed by atoms with van der Waals surface area (Å²) in [6.45, 7) is 12.0. The van der Waals surface area contributed by atoms with Gasteiger partial charge in [0, 0.05) is 39.1 Å². The van der Waals surface area contributed by atoms with E-state index in [2.05, 4.69) is 35.6 Å². The van der Waals surface area contributed by atoms with Crippen LogP contribution in [0.4, 0.5) is 0 Å². The zero-order valence-electron chi connectivity index (χ0n) is 13.5. The van der Waals surface area contributed by atoms with Crippen molar-refractivity contribution in [1.29, 1.82) is 0 Å². The molecule has 2 fully saturated rings. The third kappa shape index (κ3) is 4.74. The normalized spacial score (nSPS) is 23.5. The maximum atomic E-state index is 12.0. The first-order valence-electron chi connectivity index (χ1n) is 8.23. The number of rotatable bonds is 4. The van der Waals surface area contributed by atoms with Crippen LogP contribution in [0, 0.1) is 11.8 Å². The highest BCUT2D eigenvalue weighted by molar-refractivity contribution is 5.76. The molecule has 0 radical (unpaired) electrons. The molecule has 0 unspecified atom stereocenters. The van der Waals surface area contributed by atoms with Crippen LogP contribution in [0.1, 0.15) is 33.1 Å². The van der Waals surface area contributed by atoms with Crippen molar-refractivity contribution in [1.82, 2.24) is 14.7 Å². The van der Waals surface area contributed by atoms with E-state index in [9.17, 15) is 4.79 Å². The summed E-state index contributed by atoms with van der Waals surface area (Å²) in [4.78, 5) is 19.1. The van der Waals surface area contributed by atoms with Crippen LogP contribution in [0.2, 0.25) is 0 Å². The highest BCUT2D eigenvalue weighted by atomic mass is 16.2. The van der Waals surface area contributed by atoms with E-state index < -0.39 is 0 Å². The fourth-order valence-electron chi connectivity index (χ4n) is 3.27. The Morgan fingerprint density at radius 2 is 1.65 bits per heavy atom. The van der Waals surface area contributed by atoms with Crippen molar-refractivity contribution < 1.29 is 4.79 Å². The molecule has 4 nitrogen and oxygen atoms in total. The Morgan fingerprint density at radius 3 is 2.20 bits per heavy atom. The first kappa shape index (κ1) is 15.8. The zero-order valence-corrected chi connectivity index (χ0v) is 13.5. The summed E-state index contributed by atoms with van der Waals surface area (Å²) in [5, 5.41) is 0. The Hall–Kier alpha value is -0.610. The highest BCUT2D eigenvalue weighted by Crippen LogP contribution is 2.18. The van der Waals surface area contributed by atoms with E-state index in [0.717, 1.165) is 32.1 Å². The van der Waals surface area contributed by atoms with Crippen LogP contribution in [-0.2, 0) is 4.79 Å². The molecule has 0 bridgehead atoms. The molecule has 2 aliphatic heterocycles. The standard InChI is InChI=1S/C16H31N3O/c1-14(2)12-16(20)19-10-8-18(9-11-19)13-15-4-6-17(3)7-5-15/h14-15H,4-13H2,1-3H3. The molecule has 0 aromatic carbocycles. The van der Waals surface area contributed by atoms with Gasteiger partial charge in [0.05, 0.1) is 0 Å². The third-order valence-corrected chi connectivity index (χ3v) is 4.66. The minimum Gasteiger partial charge on any atom is -0.340 e. The average Bonchev–Trinajstić information content (AvgIpc) is 2.41. The van der Waals surface area contributed by atoms with Crippen molar-refractivity contribution >= 4 is 5.91 Å². The van der Waals surface area contributed by atoms with Gasteiger partial charge in [0.15, 0.2) is 0 Å². The number of piperazine rings is 1. The molecule has 0 saturated carbocycles. The van der Waals surface area contributed by atoms with Gasteiger partial charge in [-0.25, -0.2) is 0 Å². The molecule has 0 aromatic rings. The Bertz CT molecular complexity index is 303. The van der Waals surface area contributed by atoms with Crippen molar-refractivity contribution in [2.24, 2.45) is 11.8 Å². The van der Waals surface area contributed by atoms with E-state index >= 15 is 0 Å². The van der Waals surface area contributed by atoms with Crippen LogP contribution in [-0.4, -0.2) is 73.5 Å². The summed E-state index contributed by atoms with van der Waals surface area (Å²) >= 11 is 0. The van der Waals surface area contributed by atoms with Crippen LogP contribution < -0.4 is 0 Å². The summed E-state index contributed by atoms with van der Waals surface area (Å²) in [6.07, 6.45) is 3.38. The summed E-state index contributed by atoms with van der Waals surface area (Å²) in [5.74, 6) is 1.68. The summed E-state index contributed by atoms with van der Waals surface area (Å²) in [7, 11) is 2.22. The molecule has 2 aliphatic rings. The van der Waals surface area contributed by atoms with Crippen molar-refractivity contribution in [3.63, 3.8) is 0 Å². The van der Waals surface area contributed by atoms with Crippen LogP contribution >= 0.6 is 0 Å². The lowest BCUT2D eigenvalue weighted by Crippen LogP contribution is -2.50. The lowest BCUT2D eigenvalue weighted by molar-refractivity contribution is -0.133. The van der Waals surface area contributed by atoms with Crippen LogP contribution in [0.3, 0.4) is 0 Å². The topological polar surface area (TPSA) is 26.8 Å². The van der Waals surface area contributed by atoms with Crippen molar-refractivity contribution in [2.75, 3.05) is 52.9 Å². The van der Waals surface area contributed by atoms with Crippen LogP contribution in [0.5, 0.6) is 0 Å². The first-order valence-corrected chi connectivity index (χ1v) is 8.23. The van der Waals surface area contributed by atoms with Crippen LogP contribution in [0.25, 0.3) is 0 Å². The van der Waals surface area contributed by atoms with Crippen LogP contribution in [0.15, 0.2) is 0 Å². The van der Waals surface area contributed by atoms with E-state index in [4.69, 9.17) is 0 Å². The van der Waals surface area contributed by atoms with Crippen molar-refractivity contribution in [3.8, 4) is 0 Å². The van der Waals surface area contributed by atoms with Gasteiger partial charge >= 0.3 is 0 Å². The maximum absolute atomic E-state index is 12.0. The predicted molar refractivity (Wildman–Crippen MR) is 82.7 cm³/mol. The molecule has 0 aromatic heterocycles. The summed E-state index contributed by atoms with van der Waals surface area (Å²) in [6, 6.07) is 0. The molecule has 2 saturated heterocycles. The second-order valence-corrected chi connectivity index (χ2v) is 7.03. The molecule has 20 heavy (non-hydrogen) atoms. The lowest BCUT2D eigenvalue weighted by atomic mass is 9.96. The van der Waals surface area contributed by atoms with Gasteiger partial charge in [-0.05, 0) is 44.8 Å². The van der Waals surface area contributed by atoms with Gasteiger partial charge in [0.1, 0.15) is 0 Å². The van der Waals surface area contributed by atoms with Crippen molar-refractivity contribution in [3.05, 3.63) is 0 Å². The van der Waals surface area contributed by atoms with Gasteiger partial charge < -0.3 is 9.80 Å². The highest BCUT2D eigenvalue weighted by Gasteiger charge is 2.24. The second-order valence-electron chi connectivity index (χ2n) is 7.03. The number of nitrogens with zero attached hydrogens (tertiary/aromatic N) is 3. The van der Waals surface area contributed by atoms with E-state index in [1.807, 2.05) is 0 Å². The number of carbonyl (C=O) groups is 1. The fraction of sp³-hybridized carbons (Fsp3) is 0.938. The van der Waals surface area contributed by atoms with Gasteiger partial charge in [-0.15, -0.1) is 0 Å². The molecular weight excluding hydrogens is 250 g/mol. The van der Waals surface area contributed by atoms with Gasteiger partial charge in [-0.2, -0.15) is 0 Å². The predicted octanol–water partition coefficient (Wildman–Crippen LogP) is 1.52. The number of carbonyl (C=O) groups excluding carboxylic acids is 1. The molecule has 0 aliphatic carbocycles. The zero-order chi connectivity index (χ0) is 14.5. The lowest BCUT2D eigenvalue weighted by Gasteiger charge is -2.38. The molecule has 2 rings (SSSR count). The second kappa shape index (κ2) is 7.41. The maximum Gasteiger partial charge on any atom is 0.222 e. The molecule has 2 heterocycles. The number of piperidine rings is 1. The van der Waals surface area contributed by atoms with Gasteiger partial charge in [0.25, 0.3) is 0 Å². The molecule has 0 spiro atoms.